The minimum atomic E-state index is 0.162. The first-order chi connectivity index (χ1) is 10.5. The van der Waals surface area contributed by atoms with Crippen molar-refractivity contribution in [2.45, 2.75) is 53.2 Å². The lowest BCUT2D eigenvalue weighted by atomic mass is 9.97. The minimum absolute atomic E-state index is 0.162. The van der Waals surface area contributed by atoms with Gasteiger partial charge < -0.3 is 18.9 Å². The van der Waals surface area contributed by atoms with Crippen LogP contribution in [0.1, 0.15) is 41.0 Å². The van der Waals surface area contributed by atoms with E-state index < -0.39 is 0 Å². The fraction of sp³-hybridized carbons (Fsp3) is 1.00. The van der Waals surface area contributed by atoms with Crippen molar-refractivity contribution in [1.82, 2.24) is 0 Å². The molecule has 0 spiro atoms. The van der Waals surface area contributed by atoms with E-state index in [1.807, 2.05) is 6.92 Å². The summed E-state index contributed by atoms with van der Waals surface area (Å²) in [6, 6.07) is 0. The van der Waals surface area contributed by atoms with Gasteiger partial charge in [-0.05, 0) is 31.9 Å². The Labute approximate surface area is 142 Å². The van der Waals surface area contributed by atoms with Gasteiger partial charge in [-0.25, -0.2) is 0 Å². The van der Waals surface area contributed by atoms with Gasteiger partial charge in [0.1, 0.15) is 0 Å². The number of hydrogen-bond donors (Lipinski definition) is 1. The molecule has 0 heterocycles. The molecular formula is C17H36O4S. The fourth-order valence-electron chi connectivity index (χ4n) is 2.05. The van der Waals surface area contributed by atoms with Crippen molar-refractivity contribution in [3.63, 3.8) is 0 Å². The molecule has 0 amide bonds. The zero-order chi connectivity index (χ0) is 16.8. The van der Waals surface area contributed by atoms with Crippen LogP contribution in [0.2, 0.25) is 0 Å². The van der Waals surface area contributed by atoms with E-state index in [1.54, 1.807) is 0 Å². The average Bonchev–Trinajstić information content (AvgIpc) is 2.49. The SMILES string of the molecule is CCOCCOCCOC(CCS)C(C)C(C)OCC(C)C. The van der Waals surface area contributed by atoms with E-state index >= 15 is 0 Å². The Morgan fingerprint density at radius 1 is 0.864 bits per heavy atom. The molecule has 0 N–H and O–H groups in total. The third kappa shape index (κ3) is 11.7. The summed E-state index contributed by atoms with van der Waals surface area (Å²) >= 11 is 4.34. The maximum absolute atomic E-state index is 5.98. The molecule has 0 aromatic rings. The standard InChI is InChI=1S/C17H36O4S/c1-6-18-8-9-19-10-11-20-17(7-12-22)15(4)16(5)21-13-14(2)3/h14-17,22H,6-13H2,1-5H3. The third-order valence-electron chi connectivity index (χ3n) is 3.57. The Balaban J connectivity index is 3.96. The molecule has 0 bridgehead atoms. The third-order valence-corrected chi connectivity index (χ3v) is 3.83. The molecule has 5 heteroatoms. The highest BCUT2D eigenvalue weighted by Crippen LogP contribution is 2.19. The predicted molar refractivity (Wildman–Crippen MR) is 94.9 cm³/mol. The molecule has 4 nitrogen and oxygen atoms in total. The number of thiol groups is 1. The lowest BCUT2D eigenvalue weighted by Crippen LogP contribution is -2.33. The number of hydrogen-bond acceptors (Lipinski definition) is 5. The van der Waals surface area contributed by atoms with Crippen LogP contribution in [0, 0.1) is 11.8 Å². The van der Waals surface area contributed by atoms with Gasteiger partial charge in [0.2, 0.25) is 0 Å². The highest BCUT2D eigenvalue weighted by Gasteiger charge is 2.23. The van der Waals surface area contributed by atoms with Crippen molar-refractivity contribution in [3.05, 3.63) is 0 Å². The van der Waals surface area contributed by atoms with Crippen LogP contribution in [-0.4, -0.2) is 57.6 Å². The summed E-state index contributed by atoms with van der Waals surface area (Å²) in [7, 11) is 0. The molecule has 22 heavy (non-hydrogen) atoms. The van der Waals surface area contributed by atoms with Gasteiger partial charge in [0.15, 0.2) is 0 Å². The molecule has 3 atom stereocenters. The first-order valence-electron chi connectivity index (χ1n) is 8.52. The average molecular weight is 337 g/mol. The summed E-state index contributed by atoms with van der Waals surface area (Å²) in [5.41, 5.74) is 0. The molecule has 0 aromatic heterocycles. The van der Waals surface area contributed by atoms with E-state index in [2.05, 4.69) is 40.3 Å². The Bertz CT molecular complexity index is 239. The van der Waals surface area contributed by atoms with Crippen LogP contribution < -0.4 is 0 Å². The molecule has 0 aliphatic heterocycles. The molecule has 0 aromatic carbocycles. The molecular weight excluding hydrogens is 300 g/mol. The second-order valence-electron chi connectivity index (χ2n) is 6.02. The van der Waals surface area contributed by atoms with E-state index in [-0.39, 0.29) is 12.2 Å². The Kier molecular flexibility index (Phi) is 14.9. The van der Waals surface area contributed by atoms with Crippen molar-refractivity contribution < 1.29 is 18.9 Å². The summed E-state index contributed by atoms with van der Waals surface area (Å²) in [5.74, 6) is 1.71. The zero-order valence-electron chi connectivity index (χ0n) is 15.0. The van der Waals surface area contributed by atoms with Crippen molar-refractivity contribution in [1.29, 1.82) is 0 Å². The van der Waals surface area contributed by atoms with E-state index in [0.29, 0.717) is 38.3 Å². The lowest BCUT2D eigenvalue weighted by Gasteiger charge is -2.29. The summed E-state index contributed by atoms with van der Waals surface area (Å²) in [6.07, 6.45) is 1.28. The van der Waals surface area contributed by atoms with Crippen molar-refractivity contribution in [2.75, 3.05) is 45.4 Å². The topological polar surface area (TPSA) is 36.9 Å². The fourth-order valence-corrected chi connectivity index (χ4v) is 2.30. The second kappa shape index (κ2) is 14.8. The molecule has 0 aliphatic carbocycles. The van der Waals surface area contributed by atoms with Crippen LogP contribution in [0.3, 0.4) is 0 Å². The molecule has 0 radical (unpaired) electrons. The van der Waals surface area contributed by atoms with Crippen molar-refractivity contribution in [3.8, 4) is 0 Å². The Morgan fingerprint density at radius 2 is 1.50 bits per heavy atom. The lowest BCUT2D eigenvalue weighted by molar-refractivity contribution is -0.0718. The summed E-state index contributed by atoms with van der Waals surface area (Å²) < 4.78 is 22.6. The summed E-state index contributed by atoms with van der Waals surface area (Å²) in [6.45, 7) is 14.6. The smallest absolute Gasteiger partial charge is 0.0704 e. The normalized spacial score (nSPS) is 16.0. The quantitative estimate of drug-likeness (QED) is 0.367. The van der Waals surface area contributed by atoms with Gasteiger partial charge in [-0.15, -0.1) is 0 Å². The number of ether oxygens (including phenoxy) is 4. The van der Waals surface area contributed by atoms with Crippen LogP contribution in [0.15, 0.2) is 0 Å². The highest BCUT2D eigenvalue weighted by atomic mass is 32.1. The molecule has 0 fully saturated rings. The molecule has 3 unspecified atom stereocenters. The van der Waals surface area contributed by atoms with Gasteiger partial charge in [-0.2, -0.15) is 12.6 Å². The molecule has 0 rings (SSSR count). The molecule has 0 saturated carbocycles. The van der Waals surface area contributed by atoms with Gasteiger partial charge in [0.05, 0.1) is 38.6 Å². The first-order valence-corrected chi connectivity index (χ1v) is 9.15. The van der Waals surface area contributed by atoms with E-state index in [0.717, 1.165) is 25.4 Å². The van der Waals surface area contributed by atoms with E-state index in [9.17, 15) is 0 Å². The molecule has 0 saturated heterocycles. The summed E-state index contributed by atoms with van der Waals surface area (Å²) in [5, 5.41) is 0. The maximum Gasteiger partial charge on any atom is 0.0704 e. The van der Waals surface area contributed by atoms with Crippen LogP contribution in [-0.2, 0) is 18.9 Å². The molecule has 0 aliphatic rings. The monoisotopic (exact) mass is 336 g/mol. The highest BCUT2D eigenvalue weighted by molar-refractivity contribution is 7.80. The first kappa shape index (κ1) is 22.2. The second-order valence-corrected chi connectivity index (χ2v) is 6.47. The Morgan fingerprint density at radius 3 is 2.09 bits per heavy atom. The van der Waals surface area contributed by atoms with Gasteiger partial charge in [-0.3, -0.25) is 0 Å². The van der Waals surface area contributed by atoms with Crippen LogP contribution >= 0.6 is 12.6 Å². The van der Waals surface area contributed by atoms with Crippen molar-refractivity contribution >= 4 is 12.6 Å². The van der Waals surface area contributed by atoms with Crippen molar-refractivity contribution in [2.24, 2.45) is 11.8 Å². The zero-order valence-corrected chi connectivity index (χ0v) is 15.9. The predicted octanol–water partition coefficient (Wildman–Crippen LogP) is 3.44. The van der Waals surface area contributed by atoms with Crippen LogP contribution in [0.25, 0.3) is 0 Å². The van der Waals surface area contributed by atoms with Crippen LogP contribution in [0.5, 0.6) is 0 Å². The van der Waals surface area contributed by atoms with E-state index in [4.69, 9.17) is 18.9 Å². The van der Waals surface area contributed by atoms with Crippen LogP contribution in [0.4, 0.5) is 0 Å². The van der Waals surface area contributed by atoms with Gasteiger partial charge >= 0.3 is 0 Å². The van der Waals surface area contributed by atoms with E-state index in [1.165, 1.54) is 0 Å². The minimum Gasteiger partial charge on any atom is -0.379 e. The molecule has 134 valence electrons. The number of rotatable bonds is 15. The largest absolute Gasteiger partial charge is 0.379 e. The van der Waals surface area contributed by atoms with Gasteiger partial charge in [0, 0.05) is 19.1 Å². The van der Waals surface area contributed by atoms with Gasteiger partial charge in [0.25, 0.3) is 0 Å². The van der Waals surface area contributed by atoms with Gasteiger partial charge in [-0.1, -0.05) is 20.8 Å². The summed E-state index contributed by atoms with van der Waals surface area (Å²) in [4.78, 5) is 0. The maximum atomic E-state index is 5.98. The Hall–Kier alpha value is 0.190.